The van der Waals surface area contributed by atoms with Gasteiger partial charge in [-0.1, -0.05) is 32.8 Å². The molecule has 0 aromatic heterocycles. The average molecular weight is 196 g/mol. The number of hydrogen-bond acceptors (Lipinski definition) is 2. The molecule has 14 heavy (non-hydrogen) atoms. The van der Waals surface area contributed by atoms with Gasteiger partial charge in [0.15, 0.2) is 0 Å². The van der Waals surface area contributed by atoms with E-state index in [2.05, 4.69) is 19.2 Å². The number of ether oxygens (including phenoxy) is 1. The predicted molar refractivity (Wildman–Crippen MR) is 58.0 cm³/mol. The molecule has 0 spiro atoms. The minimum Gasteiger partial charge on any atom is -0.458 e. The summed E-state index contributed by atoms with van der Waals surface area (Å²) < 4.78 is 5.07. The summed E-state index contributed by atoms with van der Waals surface area (Å²) in [5, 5.41) is 0. The second-order valence-corrected chi connectivity index (χ2v) is 3.37. The van der Waals surface area contributed by atoms with E-state index < -0.39 is 0 Å². The van der Waals surface area contributed by atoms with Crippen molar-refractivity contribution in [3.05, 3.63) is 18.4 Å². The van der Waals surface area contributed by atoms with Gasteiger partial charge in [-0.2, -0.15) is 0 Å². The molecule has 0 aliphatic rings. The lowest BCUT2D eigenvalue weighted by molar-refractivity contribution is -0.144. The third kappa shape index (κ3) is 7.63. The van der Waals surface area contributed by atoms with Crippen LogP contribution >= 0.6 is 0 Å². The molecule has 0 aromatic carbocycles. The Morgan fingerprint density at radius 3 is 2.71 bits per heavy atom. The minimum atomic E-state index is -0.239. The molecule has 0 saturated heterocycles. The van der Waals surface area contributed by atoms with Gasteiger partial charge in [0.1, 0.15) is 6.10 Å². The van der Waals surface area contributed by atoms with Gasteiger partial charge >= 0.3 is 5.97 Å². The highest BCUT2D eigenvalue weighted by molar-refractivity contribution is 5.66. The maximum absolute atomic E-state index is 10.7. The fourth-order valence-electron chi connectivity index (χ4n) is 1.29. The van der Waals surface area contributed by atoms with Crippen molar-refractivity contribution in [1.29, 1.82) is 0 Å². The molecule has 2 nitrogen and oxygen atoms in total. The molecular formula is C12H20O2. The van der Waals surface area contributed by atoms with Crippen LogP contribution < -0.4 is 0 Å². The zero-order valence-electron chi connectivity index (χ0n) is 9.21. The summed E-state index contributed by atoms with van der Waals surface area (Å²) in [5.41, 5.74) is 2.66. The van der Waals surface area contributed by atoms with E-state index in [-0.39, 0.29) is 12.1 Å². The summed E-state index contributed by atoms with van der Waals surface area (Å²) in [4.78, 5) is 10.7. The highest BCUT2D eigenvalue weighted by Gasteiger charge is 2.06. The lowest BCUT2D eigenvalue weighted by Gasteiger charge is -2.11. The highest BCUT2D eigenvalue weighted by atomic mass is 16.5. The predicted octanol–water partition coefficient (Wildman–Crippen LogP) is 3.23. The topological polar surface area (TPSA) is 26.3 Å². The summed E-state index contributed by atoms with van der Waals surface area (Å²) in [5.74, 6) is -0.239. The largest absolute Gasteiger partial charge is 0.458 e. The van der Waals surface area contributed by atoms with Crippen LogP contribution in [0.2, 0.25) is 0 Å². The zero-order chi connectivity index (χ0) is 10.8. The summed E-state index contributed by atoms with van der Waals surface area (Å²) in [6.07, 6.45) is 7.19. The quantitative estimate of drug-likeness (QED) is 0.355. The molecular weight excluding hydrogens is 176 g/mol. The molecule has 0 heterocycles. The summed E-state index contributed by atoms with van der Waals surface area (Å²) in [6, 6.07) is 0. The molecule has 80 valence electrons. The van der Waals surface area contributed by atoms with Crippen LogP contribution in [-0.4, -0.2) is 12.1 Å². The van der Waals surface area contributed by atoms with Gasteiger partial charge in [-0.05, 0) is 18.9 Å². The number of rotatable bonds is 7. The van der Waals surface area contributed by atoms with Crippen molar-refractivity contribution in [3.8, 4) is 0 Å². The van der Waals surface area contributed by atoms with Gasteiger partial charge in [-0.15, -0.1) is 5.73 Å². The van der Waals surface area contributed by atoms with Gasteiger partial charge in [0, 0.05) is 6.92 Å². The molecule has 2 heteroatoms. The second-order valence-electron chi connectivity index (χ2n) is 3.37. The van der Waals surface area contributed by atoms with Crippen LogP contribution in [-0.2, 0) is 9.53 Å². The maximum Gasteiger partial charge on any atom is 0.303 e. The first-order valence-electron chi connectivity index (χ1n) is 5.23. The molecule has 0 aliphatic heterocycles. The lowest BCUT2D eigenvalue weighted by atomic mass is 10.1. The van der Waals surface area contributed by atoms with Gasteiger partial charge in [0.25, 0.3) is 0 Å². The smallest absolute Gasteiger partial charge is 0.303 e. The normalized spacial score (nSPS) is 11.6. The van der Waals surface area contributed by atoms with E-state index in [1.807, 2.05) is 0 Å². The average Bonchev–Trinajstić information content (AvgIpc) is 2.12. The van der Waals surface area contributed by atoms with E-state index in [4.69, 9.17) is 4.74 Å². The van der Waals surface area contributed by atoms with Gasteiger partial charge in [0.2, 0.25) is 0 Å². The summed E-state index contributed by atoms with van der Waals surface area (Å²) in [6.45, 7) is 7.08. The Morgan fingerprint density at radius 2 is 2.21 bits per heavy atom. The van der Waals surface area contributed by atoms with Crippen LogP contribution in [0.1, 0.15) is 46.0 Å². The van der Waals surface area contributed by atoms with Crippen molar-refractivity contribution >= 4 is 5.97 Å². The zero-order valence-corrected chi connectivity index (χ0v) is 9.21. The van der Waals surface area contributed by atoms with Crippen LogP contribution in [0.4, 0.5) is 0 Å². The standard InChI is InChI=1S/C12H20O2/c1-4-6-7-8-10-12(9-5-2)14-11(3)13/h9,12H,2,4,6-8,10H2,1,3H3. The molecule has 1 unspecified atom stereocenters. The molecule has 0 amide bonds. The van der Waals surface area contributed by atoms with Crippen LogP contribution in [0.5, 0.6) is 0 Å². The van der Waals surface area contributed by atoms with Crippen molar-refractivity contribution in [3.63, 3.8) is 0 Å². The molecule has 0 fully saturated rings. The van der Waals surface area contributed by atoms with Crippen LogP contribution in [0, 0.1) is 0 Å². The van der Waals surface area contributed by atoms with Gasteiger partial charge in [0.05, 0.1) is 0 Å². The number of hydrogen-bond donors (Lipinski definition) is 0. The first-order valence-corrected chi connectivity index (χ1v) is 5.23. The van der Waals surface area contributed by atoms with Crippen LogP contribution in [0.15, 0.2) is 18.4 Å². The molecule has 0 aromatic rings. The summed E-state index contributed by atoms with van der Waals surface area (Å²) >= 11 is 0. The fraction of sp³-hybridized carbons (Fsp3) is 0.667. The Morgan fingerprint density at radius 1 is 1.50 bits per heavy atom. The number of unbranched alkanes of at least 4 members (excludes halogenated alkanes) is 3. The SMILES string of the molecule is C=C=CC(CCCCCC)OC(C)=O. The van der Waals surface area contributed by atoms with Crippen molar-refractivity contribution in [2.24, 2.45) is 0 Å². The number of carbonyl (C=O) groups is 1. The third-order valence-corrected chi connectivity index (χ3v) is 1.96. The molecule has 0 N–H and O–H groups in total. The Bertz CT molecular complexity index is 202. The minimum absolute atomic E-state index is 0.137. The van der Waals surface area contributed by atoms with E-state index in [1.165, 1.54) is 26.2 Å². The molecule has 0 saturated carbocycles. The van der Waals surface area contributed by atoms with E-state index in [0.29, 0.717) is 0 Å². The van der Waals surface area contributed by atoms with Crippen molar-refractivity contribution in [2.75, 3.05) is 0 Å². The van der Waals surface area contributed by atoms with Gasteiger partial charge in [-0.25, -0.2) is 0 Å². The molecule has 1 atom stereocenters. The molecule has 0 aliphatic carbocycles. The summed E-state index contributed by atoms with van der Waals surface area (Å²) in [7, 11) is 0. The van der Waals surface area contributed by atoms with Crippen molar-refractivity contribution in [2.45, 2.75) is 52.1 Å². The maximum atomic E-state index is 10.7. The van der Waals surface area contributed by atoms with Crippen molar-refractivity contribution < 1.29 is 9.53 Å². The second kappa shape index (κ2) is 8.58. The van der Waals surface area contributed by atoms with E-state index in [1.54, 1.807) is 6.08 Å². The first-order chi connectivity index (χ1) is 6.70. The molecule has 0 radical (unpaired) electrons. The monoisotopic (exact) mass is 196 g/mol. The van der Waals surface area contributed by atoms with Gasteiger partial charge in [-0.3, -0.25) is 4.79 Å². The highest BCUT2D eigenvalue weighted by Crippen LogP contribution is 2.09. The Hall–Kier alpha value is -1.01. The Balaban J connectivity index is 3.73. The Kier molecular flexibility index (Phi) is 7.96. The van der Waals surface area contributed by atoms with Crippen molar-refractivity contribution in [1.82, 2.24) is 0 Å². The third-order valence-electron chi connectivity index (χ3n) is 1.96. The first kappa shape index (κ1) is 13.0. The van der Waals surface area contributed by atoms with Crippen LogP contribution in [0.25, 0.3) is 0 Å². The van der Waals surface area contributed by atoms with Gasteiger partial charge < -0.3 is 4.74 Å². The van der Waals surface area contributed by atoms with E-state index >= 15 is 0 Å². The number of carbonyl (C=O) groups excluding carboxylic acids is 1. The van der Waals surface area contributed by atoms with E-state index in [0.717, 1.165) is 12.8 Å². The molecule has 0 bridgehead atoms. The Labute approximate surface area is 86.6 Å². The van der Waals surface area contributed by atoms with E-state index in [9.17, 15) is 4.79 Å². The molecule has 0 rings (SSSR count). The lowest BCUT2D eigenvalue weighted by Crippen LogP contribution is -2.13. The fourth-order valence-corrected chi connectivity index (χ4v) is 1.29. The van der Waals surface area contributed by atoms with Crippen LogP contribution in [0.3, 0.4) is 0 Å². The number of esters is 1.